The molecule has 4 aromatic rings. The van der Waals surface area contributed by atoms with Crippen molar-refractivity contribution >= 4 is 29.3 Å². The van der Waals surface area contributed by atoms with Gasteiger partial charge in [-0.25, -0.2) is 0 Å². The number of pyridine rings is 2. The molecule has 0 atom stereocenters. The normalized spacial score (nSPS) is 15.3. The van der Waals surface area contributed by atoms with Crippen LogP contribution >= 0.6 is 0 Å². The van der Waals surface area contributed by atoms with Gasteiger partial charge in [0.1, 0.15) is 7.05 Å². The van der Waals surface area contributed by atoms with Crippen molar-refractivity contribution in [3.8, 4) is 11.4 Å². The summed E-state index contributed by atoms with van der Waals surface area (Å²) >= 11 is 0. The van der Waals surface area contributed by atoms with Crippen LogP contribution in [0.25, 0.3) is 23.5 Å². The van der Waals surface area contributed by atoms with Crippen molar-refractivity contribution in [1.82, 2.24) is 9.97 Å². The summed E-state index contributed by atoms with van der Waals surface area (Å²) in [6.07, 6.45) is 12.3. The lowest BCUT2D eigenvalue weighted by Gasteiger charge is -2.25. The van der Waals surface area contributed by atoms with Gasteiger partial charge in [0.15, 0.2) is 5.71 Å². The summed E-state index contributed by atoms with van der Waals surface area (Å²) in [7, 11) is 3.99. The number of fused-ring (bicyclic) bond motifs is 1. The third-order valence-corrected chi connectivity index (χ3v) is 8.02. The van der Waals surface area contributed by atoms with E-state index in [1.807, 2.05) is 37.6 Å². The van der Waals surface area contributed by atoms with Gasteiger partial charge in [-0.1, -0.05) is 80.6 Å². The number of nitrogens with zero attached hydrogens (tertiary/aromatic N) is 4. The average Bonchev–Trinajstić information content (AvgIpc) is 3.17. The number of hydrogen-bond donors (Lipinski definition) is 0. The molecule has 0 N–H and O–H groups in total. The third-order valence-electron chi connectivity index (χ3n) is 8.02. The molecule has 4 nitrogen and oxygen atoms in total. The first-order valence-electron chi connectivity index (χ1n) is 13.7. The Morgan fingerprint density at radius 1 is 0.775 bits per heavy atom. The van der Waals surface area contributed by atoms with E-state index < -0.39 is 0 Å². The lowest BCUT2D eigenvalue weighted by molar-refractivity contribution is -0.401. The van der Waals surface area contributed by atoms with Crippen molar-refractivity contribution in [3.63, 3.8) is 0 Å². The van der Waals surface area contributed by atoms with E-state index in [0.717, 1.165) is 28.2 Å². The maximum absolute atomic E-state index is 4.70. The first-order valence-corrected chi connectivity index (χ1v) is 13.7. The van der Waals surface area contributed by atoms with Crippen molar-refractivity contribution in [3.05, 3.63) is 126 Å². The molecule has 4 heteroatoms. The van der Waals surface area contributed by atoms with Crippen molar-refractivity contribution in [2.75, 3.05) is 14.1 Å². The molecular weight excluding hydrogens is 488 g/mol. The van der Waals surface area contributed by atoms with Gasteiger partial charge in [0.2, 0.25) is 5.69 Å². The summed E-state index contributed by atoms with van der Waals surface area (Å²) in [4.78, 5) is 14.0. The fraction of sp³-hybridized carbons (Fsp3) is 0.222. The average molecular weight is 526 g/mol. The maximum atomic E-state index is 4.70. The Balaban J connectivity index is 1.28. The number of hydrogen-bond acceptors (Lipinski definition) is 3. The van der Waals surface area contributed by atoms with Gasteiger partial charge in [0.25, 0.3) is 0 Å². The molecule has 40 heavy (non-hydrogen) atoms. The second-order valence-corrected chi connectivity index (χ2v) is 11.3. The van der Waals surface area contributed by atoms with Gasteiger partial charge in [0, 0.05) is 48.3 Å². The number of allylic oxidation sites excluding steroid dienone is 2. The van der Waals surface area contributed by atoms with Crippen LogP contribution in [0.1, 0.15) is 49.9 Å². The molecule has 1 aliphatic heterocycles. The predicted octanol–water partition coefficient (Wildman–Crippen LogP) is 7.92. The molecule has 0 amide bonds. The number of benzene rings is 2. The molecule has 0 unspecified atom stereocenters. The minimum Gasteiger partial charge on any atom is -0.292 e. The first-order chi connectivity index (χ1) is 19.2. The summed E-state index contributed by atoms with van der Waals surface area (Å²) in [5, 5.41) is 0. The Morgan fingerprint density at radius 2 is 1.38 bits per heavy atom. The number of aliphatic imine (C=N–C) groups is 1. The molecule has 5 rings (SSSR count). The van der Waals surface area contributed by atoms with E-state index >= 15 is 0 Å². The van der Waals surface area contributed by atoms with Crippen LogP contribution in [-0.4, -0.2) is 40.1 Å². The Morgan fingerprint density at radius 3 is 1.95 bits per heavy atom. The maximum Gasteiger partial charge on any atom is 0.209 e. The van der Waals surface area contributed by atoms with Crippen LogP contribution in [0.2, 0.25) is 0 Å². The highest BCUT2D eigenvalue weighted by Gasteiger charge is 2.42. The third kappa shape index (κ3) is 5.22. The van der Waals surface area contributed by atoms with Crippen molar-refractivity contribution in [2.45, 2.75) is 38.5 Å². The topological polar surface area (TPSA) is 41.1 Å². The minimum absolute atomic E-state index is 0.0453. The summed E-state index contributed by atoms with van der Waals surface area (Å²) < 4.78 is 2.28. The fourth-order valence-corrected chi connectivity index (χ4v) is 5.53. The molecule has 0 saturated carbocycles. The van der Waals surface area contributed by atoms with E-state index in [-0.39, 0.29) is 10.8 Å². The molecule has 2 aromatic heterocycles. The zero-order valence-electron chi connectivity index (χ0n) is 24.3. The number of para-hydroxylation sites is 1. The van der Waals surface area contributed by atoms with Crippen LogP contribution in [0.3, 0.4) is 0 Å². The summed E-state index contributed by atoms with van der Waals surface area (Å²) in [5.74, 6) is 0. The molecule has 0 aliphatic carbocycles. The van der Waals surface area contributed by atoms with Gasteiger partial charge >= 0.3 is 0 Å². The molecule has 200 valence electrons. The van der Waals surface area contributed by atoms with Gasteiger partial charge in [-0.05, 0) is 54.8 Å². The zero-order chi connectivity index (χ0) is 28.3. The summed E-state index contributed by atoms with van der Waals surface area (Å²) in [6.45, 7) is 8.96. The summed E-state index contributed by atoms with van der Waals surface area (Å²) in [5.41, 5.74) is 9.70. The van der Waals surface area contributed by atoms with E-state index in [1.165, 1.54) is 22.5 Å². The molecule has 3 heterocycles. The van der Waals surface area contributed by atoms with Gasteiger partial charge in [0.05, 0.1) is 16.8 Å². The molecule has 0 bridgehead atoms. The van der Waals surface area contributed by atoms with E-state index in [4.69, 9.17) is 4.98 Å². The molecule has 0 fully saturated rings. The predicted molar refractivity (Wildman–Crippen MR) is 169 cm³/mol. The van der Waals surface area contributed by atoms with Gasteiger partial charge in [-0.15, -0.1) is 0 Å². The molecular formula is C36H37N4+. The SMILES string of the molecule is C/N=C(\C=C\c1ccc(-c2ccc(/C=C/C3=[N+](C)c4ccccc4C3(C)C)cn2)nc1)C(C)(C)c1ccccc1. The van der Waals surface area contributed by atoms with Crippen molar-refractivity contribution < 1.29 is 4.58 Å². The second-order valence-electron chi connectivity index (χ2n) is 11.3. The Bertz CT molecular complexity index is 1620. The van der Waals surface area contributed by atoms with Crippen molar-refractivity contribution in [2.24, 2.45) is 4.99 Å². The van der Waals surface area contributed by atoms with Gasteiger partial charge in [-0.2, -0.15) is 4.58 Å². The molecule has 0 radical (unpaired) electrons. The standard InChI is InChI=1S/C36H37N4/c1-35(2,28-12-8-7-9-13-28)33(37-5)22-18-26-16-20-30(38-24-26)31-21-17-27(25-39-31)19-23-34-36(3,4)29-14-10-11-15-32(29)40(34)6/h7-25H,1-6H3/q+1/b22-18+,37-33+. The molecule has 2 aromatic carbocycles. The quantitative estimate of drug-likeness (QED) is 0.182. The Kier molecular flexibility index (Phi) is 7.44. The van der Waals surface area contributed by atoms with Crippen molar-refractivity contribution in [1.29, 1.82) is 0 Å². The monoisotopic (exact) mass is 525 g/mol. The first kappa shape index (κ1) is 27.1. The summed E-state index contributed by atoms with van der Waals surface area (Å²) in [6, 6.07) is 27.3. The van der Waals surface area contributed by atoms with Crippen LogP contribution in [0, 0.1) is 0 Å². The highest BCUT2D eigenvalue weighted by molar-refractivity contribution is 6.06. The van der Waals surface area contributed by atoms with Crippen LogP contribution in [0.4, 0.5) is 5.69 Å². The van der Waals surface area contributed by atoms with E-state index in [1.54, 1.807) is 0 Å². The smallest absolute Gasteiger partial charge is 0.209 e. The molecule has 1 aliphatic rings. The van der Waals surface area contributed by atoms with Crippen LogP contribution < -0.4 is 0 Å². The zero-order valence-corrected chi connectivity index (χ0v) is 24.3. The van der Waals surface area contributed by atoms with E-state index in [2.05, 4.69) is 134 Å². The van der Waals surface area contributed by atoms with Crippen LogP contribution in [-0.2, 0) is 10.8 Å². The highest BCUT2D eigenvalue weighted by atomic mass is 15.0. The van der Waals surface area contributed by atoms with Gasteiger partial charge < -0.3 is 0 Å². The Hall–Kier alpha value is -4.44. The fourth-order valence-electron chi connectivity index (χ4n) is 5.53. The molecule has 0 spiro atoms. The van der Waals surface area contributed by atoms with Crippen LogP contribution in [0.5, 0.6) is 0 Å². The largest absolute Gasteiger partial charge is 0.292 e. The molecule has 0 saturated heterocycles. The van der Waals surface area contributed by atoms with Crippen LogP contribution in [0.15, 0.2) is 108 Å². The number of rotatable bonds is 7. The lowest BCUT2D eigenvalue weighted by atomic mass is 9.79. The van der Waals surface area contributed by atoms with Gasteiger partial charge in [-0.3, -0.25) is 15.0 Å². The highest BCUT2D eigenvalue weighted by Crippen LogP contribution is 2.39. The number of aromatic nitrogens is 2. The minimum atomic E-state index is -0.189. The lowest BCUT2D eigenvalue weighted by Crippen LogP contribution is -2.27. The van der Waals surface area contributed by atoms with E-state index in [9.17, 15) is 0 Å². The second kappa shape index (κ2) is 11.0. The Labute approximate surface area is 238 Å². The van der Waals surface area contributed by atoms with E-state index in [0.29, 0.717) is 0 Å².